The Hall–Kier alpha value is -3.03. The van der Waals surface area contributed by atoms with Crippen molar-refractivity contribution in [2.45, 2.75) is 39.9 Å². The highest BCUT2D eigenvalue weighted by Gasteiger charge is 2.21. The van der Waals surface area contributed by atoms with Crippen molar-refractivity contribution in [2.24, 2.45) is 0 Å². The number of benzene rings is 2. The molecule has 0 spiro atoms. The number of nitrogens with zero attached hydrogens (tertiary/aromatic N) is 1. The van der Waals surface area contributed by atoms with Gasteiger partial charge in [0.1, 0.15) is 29.6 Å². The highest BCUT2D eigenvalue weighted by molar-refractivity contribution is 6.30. The molecule has 32 heavy (non-hydrogen) atoms. The van der Waals surface area contributed by atoms with Crippen LogP contribution in [0.25, 0.3) is 11.5 Å². The summed E-state index contributed by atoms with van der Waals surface area (Å²) in [5.74, 6) is 1.26. The van der Waals surface area contributed by atoms with Crippen LogP contribution in [0.5, 0.6) is 11.5 Å². The van der Waals surface area contributed by atoms with Gasteiger partial charge in [0.2, 0.25) is 5.89 Å². The normalized spacial score (nSPS) is 11.9. The van der Waals surface area contributed by atoms with Gasteiger partial charge >= 0.3 is 5.97 Å². The van der Waals surface area contributed by atoms with E-state index in [1.807, 2.05) is 26.0 Å². The summed E-state index contributed by atoms with van der Waals surface area (Å²) in [6, 6.07) is 12.6. The molecule has 0 aliphatic carbocycles. The van der Waals surface area contributed by atoms with Gasteiger partial charge in [0, 0.05) is 29.7 Å². The van der Waals surface area contributed by atoms with E-state index in [9.17, 15) is 9.90 Å². The van der Waals surface area contributed by atoms with Crippen LogP contribution >= 0.6 is 11.6 Å². The number of oxazole rings is 1. The van der Waals surface area contributed by atoms with Gasteiger partial charge in [-0.3, -0.25) is 0 Å². The quantitative estimate of drug-likeness (QED) is 0.415. The molecule has 2 aromatic carbocycles. The van der Waals surface area contributed by atoms with Crippen LogP contribution in [0.1, 0.15) is 30.9 Å². The van der Waals surface area contributed by atoms with E-state index in [-0.39, 0.29) is 13.0 Å². The second kappa shape index (κ2) is 11.0. The number of halogens is 1. The number of rotatable bonds is 11. The van der Waals surface area contributed by atoms with E-state index in [1.54, 1.807) is 37.3 Å². The van der Waals surface area contributed by atoms with Gasteiger partial charge in [-0.2, -0.15) is 0 Å². The summed E-state index contributed by atoms with van der Waals surface area (Å²) in [6.07, 6.45) is -0.738. The summed E-state index contributed by atoms with van der Waals surface area (Å²) in [4.78, 5) is 16.0. The van der Waals surface area contributed by atoms with Crippen molar-refractivity contribution >= 4 is 17.6 Å². The zero-order valence-corrected chi connectivity index (χ0v) is 19.0. The fourth-order valence-electron chi connectivity index (χ4n) is 3.16. The van der Waals surface area contributed by atoms with E-state index >= 15 is 0 Å². The van der Waals surface area contributed by atoms with Crippen molar-refractivity contribution in [3.63, 3.8) is 0 Å². The zero-order chi connectivity index (χ0) is 23.1. The number of aliphatic carboxylic acids is 1. The third kappa shape index (κ3) is 6.02. The molecule has 0 fully saturated rings. The van der Waals surface area contributed by atoms with Crippen molar-refractivity contribution in [3.8, 4) is 23.0 Å². The SMILES string of the molecule is CCOc1cc(OCc2nc(-c3cccc(Cl)c3)oc2C)ccc1CC(OCC)C(=O)O. The summed E-state index contributed by atoms with van der Waals surface area (Å²) in [5, 5.41) is 9.97. The van der Waals surface area contributed by atoms with E-state index in [2.05, 4.69) is 4.98 Å². The maximum absolute atomic E-state index is 11.4. The van der Waals surface area contributed by atoms with E-state index < -0.39 is 12.1 Å². The first-order chi connectivity index (χ1) is 15.4. The summed E-state index contributed by atoms with van der Waals surface area (Å²) in [6.45, 7) is 6.42. The molecule has 0 radical (unpaired) electrons. The van der Waals surface area contributed by atoms with Crippen molar-refractivity contribution < 1.29 is 28.5 Å². The molecule has 1 heterocycles. The molecule has 0 aliphatic heterocycles. The molecular weight excluding hydrogens is 434 g/mol. The number of aryl methyl sites for hydroxylation is 1. The second-order valence-electron chi connectivity index (χ2n) is 7.01. The lowest BCUT2D eigenvalue weighted by Crippen LogP contribution is -2.26. The van der Waals surface area contributed by atoms with E-state index in [0.29, 0.717) is 47.1 Å². The Kier molecular flexibility index (Phi) is 8.14. The summed E-state index contributed by atoms with van der Waals surface area (Å²) in [7, 11) is 0. The molecule has 3 aromatic rings. The van der Waals surface area contributed by atoms with Crippen molar-refractivity contribution in [1.82, 2.24) is 4.98 Å². The lowest BCUT2D eigenvalue weighted by molar-refractivity contribution is -0.149. The molecule has 0 saturated carbocycles. The van der Waals surface area contributed by atoms with Crippen LogP contribution in [0, 0.1) is 6.92 Å². The Morgan fingerprint density at radius 2 is 1.97 bits per heavy atom. The van der Waals surface area contributed by atoms with Gasteiger partial charge in [0.25, 0.3) is 0 Å². The largest absolute Gasteiger partial charge is 0.493 e. The molecule has 0 bridgehead atoms. The summed E-state index contributed by atoms with van der Waals surface area (Å²) < 4.78 is 22.7. The minimum absolute atomic E-state index is 0.199. The van der Waals surface area contributed by atoms with Crippen LogP contribution in [0.4, 0.5) is 0 Å². The number of hydrogen-bond acceptors (Lipinski definition) is 6. The van der Waals surface area contributed by atoms with E-state index in [1.165, 1.54) is 0 Å². The fourth-order valence-corrected chi connectivity index (χ4v) is 3.35. The lowest BCUT2D eigenvalue weighted by atomic mass is 10.1. The van der Waals surface area contributed by atoms with E-state index in [4.69, 9.17) is 30.2 Å². The Morgan fingerprint density at radius 1 is 1.16 bits per heavy atom. The standard InChI is InChI=1S/C24H26ClNO6/c1-4-29-21-13-19(10-9-16(21)12-22(24(27)28)30-5-2)31-14-20-15(3)32-23(26-20)17-7-6-8-18(25)11-17/h6-11,13,22H,4-5,12,14H2,1-3H3,(H,27,28). The highest BCUT2D eigenvalue weighted by Crippen LogP contribution is 2.29. The predicted molar refractivity (Wildman–Crippen MR) is 120 cm³/mol. The first-order valence-electron chi connectivity index (χ1n) is 10.4. The molecule has 8 heteroatoms. The van der Waals surface area contributed by atoms with Crippen LogP contribution in [-0.2, 0) is 22.6 Å². The van der Waals surface area contributed by atoms with Crippen LogP contribution in [0.3, 0.4) is 0 Å². The molecule has 0 amide bonds. The number of hydrogen-bond donors (Lipinski definition) is 1. The molecule has 0 aliphatic rings. The molecule has 1 aromatic heterocycles. The Balaban J connectivity index is 1.74. The minimum atomic E-state index is -1.01. The van der Waals surface area contributed by atoms with Crippen LogP contribution < -0.4 is 9.47 Å². The Bertz CT molecular complexity index is 1060. The number of carboxylic acid groups (broad SMARTS) is 1. The van der Waals surface area contributed by atoms with Gasteiger partial charge in [-0.15, -0.1) is 0 Å². The van der Waals surface area contributed by atoms with Crippen LogP contribution in [-0.4, -0.2) is 35.4 Å². The van der Waals surface area contributed by atoms with Crippen molar-refractivity contribution in [3.05, 3.63) is 64.5 Å². The molecular formula is C24H26ClNO6. The molecule has 0 saturated heterocycles. The number of aromatic nitrogens is 1. The first-order valence-corrected chi connectivity index (χ1v) is 10.7. The average molecular weight is 460 g/mol. The third-order valence-corrected chi connectivity index (χ3v) is 4.96. The van der Waals surface area contributed by atoms with Crippen LogP contribution in [0.15, 0.2) is 46.9 Å². The molecule has 170 valence electrons. The zero-order valence-electron chi connectivity index (χ0n) is 18.3. The fraction of sp³-hybridized carbons (Fsp3) is 0.333. The van der Waals surface area contributed by atoms with Crippen molar-refractivity contribution in [1.29, 1.82) is 0 Å². The average Bonchev–Trinajstić information content (AvgIpc) is 3.14. The molecule has 7 nitrogen and oxygen atoms in total. The number of carboxylic acids is 1. The molecule has 1 N–H and O–H groups in total. The summed E-state index contributed by atoms with van der Waals surface area (Å²) >= 11 is 6.06. The highest BCUT2D eigenvalue weighted by atomic mass is 35.5. The number of ether oxygens (including phenoxy) is 3. The molecule has 1 unspecified atom stereocenters. The maximum atomic E-state index is 11.4. The second-order valence-corrected chi connectivity index (χ2v) is 7.45. The monoisotopic (exact) mass is 459 g/mol. The first kappa shape index (κ1) is 23.6. The Labute approximate surface area is 191 Å². The molecule has 3 rings (SSSR count). The van der Waals surface area contributed by atoms with Gasteiger partial charge in [-0.25, -0.2) is 9.78 Å². The summed E-state index contributed by atoms with van der Waals surface area (Å²) in [5.41, 5.74) is 2.20. The number of carbonyl (C=O) groups is 1. The van der Waals surface area contributed by atoms with E-state index in [0.717, 1.165) is 11.1 Å². The molecule has 1 atom stereocenters. The van der Waals surface area contributed by atoms with Gasteiger partial charge in [0.15, 0.2) is 6.10 Å². The van der Waals surface area contributed by atoms with Crippen LogP contribution in [0.2, 0.25) is 5.02 Å². The van der Waals surface area contributed by atoms with Crippen molar-refractivity contribution in [2.75, 3.05) is 13.2 Å². The third-order valence-electron chi connectivity index (χ3n) is 4.73. The predicted octanol–water partition coefficient (Wildman–Crippen LogP) is 5.31. The maximum Gasteiger partial charge on any atom is 0.333 e. The minimum Gasteiger partial charge on any atom is -0.493 e. The lowest BCUT2D eigenvalue weighted by Gasteiger charge is -2.16. The topological polar surface area (TPSA) is 91.0 Å². The van der Waals surface area contributed by atoms with Gasteiger partial charge in [-0.1, -0.05) is 23.7 Å². The van der Waals surface area contributed by atoms with Gasteiger partial charge < -0.3 is 23.7 Å². The Morgan fingerprint density at radius 3 is 2.66 bits per heavy atom. The smallest absolute Gasteiger partial charge is 0.333 e. The van der Waals surface area contributed by atoms with Gasteiger partial charge in [0.05, 0.1) is 6.61 Å². The van der Waals surface area contributed by atoms with Gasteiger partial charge in [-0.05, 0) is 50.6 Å².